The highest BCUT2D eigenvalue weighted by atomic mass is 32.2. The van der Waals surface area contributed by atoms with Gasteiger partial charge in [0.25, 0.3) is 5.91 Å². The van der Waals surface area contributed by atoms with Crippen molar-refractivity contribution >= 4 is 44.7 Å². The highest BCUT2D eigenvalue weighted by Gasteiger charge is 2.31. The number of ether oxygens (including phenoxy) is 1. The van der Waals surface area contributed by atoms with Gasteiger partial charge in [0.2, 0.25) is 10.0 Å². The molecule has 1 aromatic carbocycles. The van der Waals surface area contributed by atoms with Gasteiger partial charge in [-0.25, -0.2) is 8.42 Å². The van der Waals surface area contributed by atoms with Crippen LogP contribution in [-0.4, -0.2) is 48.2 Å². The van der Waals surface area contributed by atoms with Gasteiger partial charge in [0.15, 0.2) is 0 Å². The van der Waals surface area contributed by atoms with E-state index in [9.17, 15) is 13.2 Å². The van der Waals surface area contributed by atoms with E-state index in [1.54, 1.807) is 53.8 Å². The molecule has 1 amide bonds. The Hall–Kier alpha value is -2.40. The summed E-state index contributed by atoms with van der Waals surface area (Å²) in [4.78, 5) is 17.2. The SMILES string of the molecule is O=C(Nc1cccc(OCc2cccnc2)c1)c1sccc1S(=O)(=O)N1CCSCC1. The second-order valence-corrected chi connectivity index (χ2v) is 10.8. The number of benzene rings is 1. The number of thioether (sulfide) groups is 1. The predicted molar refractivity (Wildman–Crippen MR) is 123 cm³/mol. The number of amides is 1. The number of thiophene rings is 1. The first-order valence-electron chi connectivity index (χ1n) is 9.62. The van der Waals surface area contributed by atoms with Crippen LogP contribution < -0.4 is 10.1 Å². The third-order valence-electron chi connectivity index (χ3n) is 4.64. The molecule has 0 atom stereocenters. The number of carbonyl (C=O) groups is 1. The van der Waals surface area contributed by atoms with Crippen LogP contribution in [0.4, 0.5) is 5.69 Å². The molecule has 3 heterocycles. The van der Waals surface area contributed by atoms with Crippen LogP contribution in [0.5, 0.6) is 5.75 Å². The Morgan fingerprint density at radius 1 is 1.16 bits per heavy atom. The van der Waals surface area contributed by atoms with E-state index in [4.69, 9.17) is 4.74 Å². The minimum Gasteiger partial charge on any atom is -0.489 e. The number of aromatic nitrogens is 1. The van der Waals surface area contributed by atoms with Gasteiger partial charge in [0.1, 0.15) is 22.1 Å². The zero-order valence-electron chi connectivity index (χ0n) is 16.6. The highest BCUT2D eigenvalue weighted by Crippen LogP contribution is 2.28. The number of rotatable bonds is 7. The summed E-state index contributed by atoms with van der Waals surface area (Å²) in [7, 11) is -3.70. The van der Waals surface area contributed by atoms with Gasteiger partial charge in [0.05, 0.1) is 0 Å². The fraction of sp³-hybridized carbons (Fsp3) is 0.238. The maximum Gasteiger partial charge on any atom is 0.267 e. The minimum absolute atomic E-state index is 0.0610. The van der Waals surface area contributed by atoms with E-state index in [1.165, 1.54) is 10.4 Å². The van der Waals surface area contributed by atoms with Crippen molar-refractivity contribution in [1.29, 1.82) is 0 Å². The van der Waals surface area contributed by atoms with Gasteiger partial charge in [-0.2, -0.15) is 16.1 Å². The standard InChI is InChI=1S/C21H21N3O4S3/c25-21(20-19(6-10-30-20)31(26,27)24-8-11-29-12-9-24)23-17-4-1-5-18(13-17)28-15-16-3-2-7-22-14-16/h1-7,10,13-14H,8-9,11-12,15H2,(H,23,25). The normalized spacial score (nSPS) is 14.8. The summed E-state index contributed by atoms with van der Waals surface area (Å²) in [5, 5.41) is 4.42. The Labute approximate surface area is 189 Å². The van der Waals surface area contributed by atoms with Crippen molar-refractivity contribution in [3.8, 4) is 5.75 Å². The van der Waals surface area contributed by atoms with Crippen LogP contribution in [-0.2, 0) is 16.6 Å². The van der Waals surface area contributed by atoms with E-state index < -0.39 is 15.9 Å². The van der Waals surface area contributed by atoms with Crippen molar-refractivity contribution in [2.45, 2.75) is 11.5 Å². The van der Waals surface area contributed by atoms with Crippen molar-refractivity contribution in [2.75, 3.05) is 29.9 Å². The van der Waals surface area contributed by atoms with Crippen molar-refractivity contribution in [3.05, 3.63) is 70.7 Å². The number of sulfonamides is 1. The third kappa shape index (κ3) is 5.27. The Morgan fingerprint density at radius 3 is 2.77 bits per heavy atom. The highest BCUT2D eigenvalue weighted by molar-refractivity contribution is 7.99. The van der Waals surface area contributed by atoms with Crippen LogP contribution in [0.1, 0.15) is 15.2 Å². The summed E-state index contributed by atoms with van der Waals surface area (Å²) in [5.41, 5.74) is 1.46. The molecule has 4 rings (SSSR count). The van der Waals surface area contributed by atoms with Crippen LogP contribution in [0.2, 0.25) is 0 Å². The van der Waals surface area contributed by atoms with E-state index in [0.717, 1.165) is 28.4 Å². The fourth-order valence-corrected chi connectivity index (χ4v) is 6.97. The molecule has 10 heteroatoms. The van der Waals surface area contributed by atoms with Crippen LogP contribution in [0.15, 0.2) is 65.1 Å². The first kappa shape index (κ1) is 21.8. The topological polar surface area (TPSA) is 88.6 Å². The number of pyridine rings is 1. The van der Waals surface area contributed by atoms with Gasteiger partial charge in [-0.1, -0.05) is 12.1 Å². The van der Waals surface area contributed by atoms with Gasteiger partial charge in [0, 0.05) is 54.3 Å². The number of hydrogen-bond donors (Lipinski definition) is 1. The molecule has 31 heavy (non-hydrogen) atoms. The van der Waals surface area contributed by atoms with E-state index >= 15 is 0 Å². The van der Waals surface area contributed by atoms with Crippen molar-refractivity contribution in [3.63, 3.8) is 0 Å². The first-order chi connectivity index (χ1) is 15.0. The van der Waals surface area contributed by atoms with Gasteiger partial charge < -0.3 is 10.1 Å². The smallest absolute Gasteiger partial charge is 0.267 e. The molecule has 0 spiro atoms. The van der Waals surface area contributed by atoms with Crippen LogP contribution in [0.25, 0.3) is 0 Å². The lowest BCUT2D eigenvalue weighted by atomic mass is 10.3. The van der Waals surface area contributed by atoms with Crippen LogP contribution in [0.3, 0.4) is 0 Å². The Morgan fingerprint density at radius 2 is 2.00 bits per heavy atom. The summed E-state index contributed by atoms with van der Waals surface area (Å²) < 4.78 is 33.3. The van der Waals surface area contributed by atoms with Crippen LogP contribution in [0, 0.1) is 0 Å². The molecule has 1 aliphatic heterocycles. The summed E-state index contributed by atoms with van der Waals surface area (Å²) in [5.74, 6) is 1.66. The number of nitrogens with one attached hydrogen (secondary N) is 1. The molecule has 0 radical (unpaired) electrons. The Kier molecular flexibility index (Phi) is 6.91. The monoisotopic (exact) mass is 475 g/mol. The number of carbonyl (C=O) groups excluding carboxylic acids is 1. The zero-order valence-corrected chi connectivity index (χ0v) is 19.0. The molecule has 1 saturated heterocycles. The van der Waals surface area contributed by atoms with Gasteiger partial charge in [-0.3, -0.25) is 9.78 Å². The van der Waals surface area contributed by atoms with Crippen molar-refractivity contribution < 1.29 is 17.9 Å². The largest absolute Gasteiger partial charge is 0.489 e. The zero-order chi connectivity index (χ0) is 21.7. The summed E-state index contributed by atoms with van der Waals surface area (Å²) in [6, 6.07) is 12.3. The lowest BCUT2D eigenvalue weighted by molar-refractivity contribution is 0.102. The van der Waals surface area contributed by atoms with Gasteiger partial charge in [-0.15, -0.1) is 11.3 Å². The van der Waals surface area contributed by atoms with Crippen molar-refractivity contribution in [1.82, 2.24) is 9.29 Å². The van der Waals surface area contributed by atoms with Gasteiger partial charge >= 0.3 is 0 Å². The van der Waals surface area contributed by atoms with Gasteiger partial charge in [-0.05, 0) is 29.6 Å². The van der Waals surface area contributed by atoms with E-state index in [1.807, 2.05) is 12.1 Å². The molecular formula is C21H21N3O4S3. The molecule has 1 fully saturated rings. The average molecular weight is 476 g/mol. The fourth-order valence-electron chi connectivity index (χ4n) is 3.09. The third-order valence-corrected chi connectivity index (χ3v) is 8.57. The van der Waals surface area contributed by atoms with E-state index in [2.05, 4.69) is 10.3 Å². The number of anilines is 1. The molecule has 0 unspecified atom stereocenters. The summed E-state index contributed by atoms with van der Waals surface area (Å²) in [6.45, 7) is 1.27. The van der Waals surface area contributed by atoms with E-state index in [-0.39, 0.29) is 9.77 Å². The Balaban J connectivity index is 1.46. The van der Waals surface area contributed by atoms with E-state index in [0.29, 0.717) is 31.1 Å². The van der Waals surface area contributed by atoms with Crippen LogP contribution >= 0.6 is 23.1 Å². The number of hydrogen-bond acceptors (Lipinski definition) is 7. The number of nitrogens with zero attached hydrogens (tertiary/aromatic N) is 2. The van der Waals surface area contributed by atoms with Crippen molar-refractivity contribution in [2.24, 2.45) is 0 Å². The lowest BCUT2D eigenvalue weighted by Gasteiger charge is -2.25. The molecule has 7 nitrogen and oxygen atoms in total. The lowest BCUT2D eigenvalue weighted by Crippen LogP contribution is -2.38. The first-order valence-corrected chi connectivity index (χ1v) is 13.1. The average Bonchev–Trinajstić information content (AvgIpc) is 3.31. The predicted octanol–water partition coefficient (Wildman–Crippen LogP) is 3.71. The quantitative estimate of drug-likeness (QED) is 0.560. The molecule has 1 N–H and O–H groups in total. The summed E-state index contributed by atoms with van der Waals surface area (Å²) >= 11 is 2.85. The molecule has 3 aromatic rings. The molecule has 162 valence electrons. The Bertz CT molecular complexity index is 1140. The maximum absolute atomic E-state index is 13.0. The molecule has 0 saturated carbocycles. The molecule has 0 aliphatic carbocycles. The summed E-state index contributed by atoms with van der Waals surface area (Å²) in [6.07, 6.45) is 3.42. The second kappa shape index (κ2) is 9.82. The second-order valence-electron chi connectivity index (χ2n) is 6.76. The molecular weight excluding hydrogens is 454 g/mol. The molecule has 0 bridgehead atoms. The minimum atomic E-state index is -3.70. The maximum atomic E-state index is 13.0. The molecule has 2 aromatic heterocycles. The molecule has 1 aliphatic rings.